The highest BCUT2D eigenvalue weighted by atomic mass is 19.2. The van der Waals surface area contributed by atoms with Crippen molar-refractivity contribution in [3.05, 3.63) is 57.4 Å². The molecule has 1 saturated heterocycles. The van der Waals surface area contributed by atoms with Gasteiger partial charge in [0.05, 0.1) is 18.5 Å². The summed E-state index contributed by atoms with van der Waals surface area (Å²) in [6.45, 7) is 6.11. The minimum Gasteiger partial charge on any atom is -0.358 e. The molecule has 2 heterocycles. The smallest absolute Gasteiger partial charge is 0.229 e. The van der Waals surface area contributed by atoms with Gasteiger partial charge in [-0.05, 0) is 18.9 Å². The highest BCUT2D eigenvalue weighted by Gasteiger charge is 2.31. The zero-order chi connectivity index (χ0) is 23.7. The van der Waals surface area contributed by atoms with Crippen molar-refractivity contribution in [1.29, 1.82) is 5.41 Å². The van der Waals surface area contributed by atoms with Crippen LogP contribution >= 0.6 is 0 Å². The van der Waals surface area contributed by atoms with Gasteiger partial charge < -0.3 is 14.8 Å². The van der Waals surface area contributed by atoms with E-state index in [2.05, 4.69) is 11.6 Å². The third kappa shape index (κ3) is 4.30. The van der Waals surface area contributed by atoms with Crippen LogP contribution < -0.4 is 0 Å². The molecule has 32 heavy (non-hydrogen) atoms. The van der Waals surface area contributed by atoms with Gasteiger partial charge in [-0.3, -0.25) is 20.3 Å². The second-order valence-electron chi connectivity index (χ2n) is 7.65. The SMILES string of the molecule is C=C(C)N1CCN(C(=O)CC(CCc2c[nH]c3c(F)c(F)c(F)c(F)c23)[N+](=O)[O-])CC1=N. The number of hydrogen-bond acceptors (Lipinski definition) is 4. The Labute approximate surface area is 180 Å². The number of aryl methyl sites for hydroxylation is 1. The van der Waals surface area contributed by atoms with Crippen LogP contribution in [0, 0.1) is 38.8 Å². The number of fused-ring (bicyclic) bond motifs is 1. The van der Waals surface area contributed by atoms with Crippen molar-refractivity contribution in [2.45, 2.75) is 32.2 Å². The van der Waals surface area contributed by atoms with Crippen LogP contribution in [0.3, 0.4) is 0 Å². The van der Waals surface area contributed by atoms with Gasteiger partial charge in [-0.2, -0.15) is 0 Å². The van der Waals surface area contributed by atoms with Crippen LogP contribution in [0.25, 0.3) is 10.9 Å². The number of amides is 1. The number of rotatable bonds is 7. The molecule has 0 saturated carbocycles. The third-order valence-corrected chi connectivity index (χ3v) is 5.51. The number of amidine groups is 1. The van der Waals surface area contributed by atoms with Crippen molar-refractivity contribution in [1.82, 2.24) is 14.8 Å². The summed E-state index contributed by atoms with van der Waals surface area (Å²) in [5.41, 5.74) is 0.120. The first kappa shape index (κ1) is 23.2. The highest BCUT2D eigenvalue weighted by molar-refractivity contribution is 5.89. The first-order chi connectivity index (χ1) is 15.0. The van der Waals surface area contributed by atoms with Gasteiger partial charge in [-0.25, -0.2) is 17.6 Å². The van der Waals surface area contributed by atoms with Crippen LogP contribution in [0.4, 0.5) is 17.6 Å². The second kappa shape index (κ2) is 8.97. The number of allylic oxidation sites excluding steroid dienone is 1. The summed E-state index contributed by atoms with van der Waals surface area (Å²) >= 11 is 0. The lowest BCUT2D eigenvalue weighted by atomic mass is 10.0. The van der Waals surface area contributed by atoms with E-state index in [9.17, 15) is 32.5 Å². The van der Waals surface area contributed by atoms with Crippen molar-refractivity contribution < 1.29 is 27.3 Å². The van der Waals surface area contributed by atoms with Crippen molar-refractivity contribution in [2.24, 2.45) is 0 Å². The Balaban J connectivity index is 1.71. The van der Waals surface area contributed by atoms with Crippen LogP contribution in [0.15, 0.2) is 18.5 Å². The summed E-state index contributed by atoms with van der Waals surface area (Å²) in [6, 6.07) is -1.33. The van der Waals surface area contributed by atoms with E-state index < -0.39 is 57.5 Å². The number of H-pyrrole nitrogens is 1. The summed E-state index contributed by atoms with van der Waals surface area (Å²) in [6.07, 6.45) is 0.302. The highest BCUT2D eigenvalue weighted by Crippen LogP contribution is 2.30. The molecule has 1 unspecified atom stereocenters. The monoisotopic (exact) mass is 455 g/mol. The van der Waals surface area contributed by atoms with Crippen molar-refractivity contribution in [3.8, 4) is 0 Å². The molecule has 0 spiro atoms. The molecule has 12 heteroatoms. The van der Waals surface area contributed by atoms with Gasteiger partial charge in [-0.1, -0.05) is 6.58 Å². The van der Waals surface area contributed by atoms with E-state index in [-0.39, 0.29) is 37.3 Å². The lowest BCUT2D eigenvalue weighted by molar-refractivity contribution is -0.522. The largest absolute Gasteiger partial charge is 0.358 e. The molecule has 1 aliphatic rings. The molecule has 0 aliphatic carbocycles. The maximum atomic E-state index is 14.2. The number of halogens is 4. The Kier molecular flexibility index (Phi) is 6.51. The normalized spacial score (nSPS) is 15.3. The van der Waals surface area contributed by atoms with Crippen LogP contribution in [-0.4, -0.2) is 57.1 Å². The first-order valence-corrected chi connectivity index (χ1v) is 9.76. The Morgan fingerprint density at radius 1 is 1.25 bits per heavy atom. The molecule has 3 rings (SSSR count). The number of nitrogens with zero attached hydrogens (tertiary/aromatic N) is 3. The molecule has 1 atom stereocenters. The van der Waals surface area contributed by atoms with Crippen LogP contribution in [0.2, 0.25) is 0 Å². The molecule has 172 valence electrons. The van der Waals surface area contributed by atoms with E-state index in [1.165, 1.54) is 4.90 Å². The van der Waals surface area contributed by atoms with E-state index in [1.807, 2.05) is 0 Å². The average Bonchev–Trinajstić information content (AvgIpc) is 3.17. The Morgan fingerprint density at radius 2 is 1.91 bits per heavy atom. The molecule has 2 aromatic rings. The predicted molar refractivity (Wildman–Crippen MR) is 108 cm³/mol. The Bertz CT molecular complexity index is 1120. The summed E-state index contributed by atoms with van der Waals surface area (Å²) in [4.78, 5) is 28.7. The average molecular weight is 455 g/mol. The Hall–Kier alpha value is -3.44. The number of piperazine rings is 1. The molecule has 1 aromatic carbocycles. The molecule has 0 bridgehead atoms. The number of carbonyl (C=O) groups is 1. The number of aromatic nitrogens is 1. The van der Waals surface area contributed by atoms with E-state index in [0.717, 1.165) is 6.20 Å². The summed E-state index contributed by atoms with van der Waals surface area (Å²) < 4.78 is 55.0. The van der Waals surface area contributed by atoms with E-state index in [0.29, 0.717) is 12.2 Å². The van der Waals surface area contributed by atoms with Crippen LogP contribution in [0.5, 0.6) is 0 Å². The maximum Gasteiger partial charge on any atom is 0.229 e. The summed E-state index contributed by atoms with van der Waals surface area (Å²) in [7, 11) is 0. The van der Waals surface area contributed by atoms with Crippen molar-refractivity contribution >= 4 is 22.6 Å². The molecule has 1 fully saturated rings. The fraction of sp³-hybridized carbons (Fsp3) is 0.400. The molecular weight excluding hydrogens is 434 g/mol. The number of carbonyl (C=O) groups excluding carboxylic acids is 1. The summed E-state index contributed by atoms with van der Waals surface area (Å²) in [5.74, 6) is -7.44. The van der Waals surface area contributed by atoms with Gasteiger partial charge in [-0.15, -0.1) is 0 Å². The standard InChI is InChI=1S/C20H21F4N5O3/c1-10(2)28-6-5-27(9-13(28)25)14(30)7-12(29(31)32)4-3-11-8-26-20-15(11)16(21)17(22)18(23)19(20)24/h8,12,25-26H,1,3-7,9H2,2H3. The van der Waals surface area contributed by atoms with Gasteiger partial charge >= 0.3 is 0 Å². The number of benzene rings is 1. The molecule has 1 aliphatic heterocycles. The fourth-order valence-corrected chi connectivity index (χ4v) is 3.77. The number of nitrogens with one attached hydrogen (secondary N) is 2. The van der Waals surface area contributed by atoms with E-state index >= 15 is 0 Å². The van der Waals surface area contributed by atoms with Gasteiger partial charge in [0, 0.05) is 41.7 Å². The third-order valence-electron chi connectivity index (χ3n) is 5.51. The lowest BCUT2D eigenvalue weighted by Gasteiger charge is -2.36. The number of aromatic amines is 1. The van der Waals surface area contributed by atoms with Gasteiger partial charge in [0.1, 0.15) is 5.84 Å². The van der Waals surface area contributed by atoms with Gasteiger partial charge in [0.2, 0.25) is 11.9 Å². The molecule has 1 aromatic heterocycles. The molecular formula is C20H21F4N5O3. The van der Waals surface area contributed by atoms with Crippen molar-refractivity contribution in [3.63, 3.8) is 0 Å². The summed E-state index contributed by atoms with van der Waals surface area (Å²) in [5, 5.41) is 19.0. The zero-order valence-electron chi connectivity index (χ0n) is 17.2. The Morgan fingerprint density at radius 3 is 2.50 bits per heavy atom. The lowest BCUT2D eigenvalue weighted by Crippen LogP contribution is -2.51. The second-order valence-corrected chi connectivity index (χ2v) is 7.65. The van der Waals surface area contributed by atoms with Gasteiger partial charge in [0.25, 0.3) is 0 Å². The number of nitro groups is 1. The van der Waals surface area contributed by atoms with Crippen LogP contribution in [-0.2, 0) is 11.2 Å². The quantitative estimate of drug-likeness (QED) is 0.220. The molecule has 8 nitrogen and oxygen atoms in total. The maximum absolute atomic E-state index is 14.2. The minimum absolute atomic E-state index is 0.00605. The molecule has 2 N–H and O–H groups in total. The fourth-order valence-electron chi connectivity index (χ4n) is 3.77. The van der Waals surface area contributed by atoms with Gasteiger partial charge in [0.15, 0.2) is 23.3 Å². The topological polar surface area (TPSA) is 106 Å². The molecule has 0 radical (unpaired) electrons. The van der Waals surface area contributed by atoms with E-state index in [1.54, 1.807) is 11.8 Å². The first-order valence-electron chi connectivity index (χ1n) is 9.76. The predicted octanol–water partition coefficient (Wildman–Crippen LogP) is 3.35. The van der Waals surface area contributed by atoms with Crippen LogP contribution in [0.1, 0.15) is 25.3 Å². The van der Waals surface area contributed by atoms with E-state index in [4.69, 9.17) is 5.41 Å². The molecule has 1 amide bonds. The number of hydrogen-bond donors (Lipinski definition) is 2. The zero-order valence-corrected chi connectivity index (χ0v) is 17.2. The van der Waals surface area contributed by atoms with Crippen molar-refractivity contribution in [2.75, 3.05) is 19.6 Å². The minimum atomic E-state index is -1.96.